The molecule has 1 aliphatic heterocycles. The Balaban J connectivity index is 1.77. The number of aromatic nitrogens is 2. The molecule has 1 aliphatic rings. The summed E-state index contributed by atoms with van der Waals surface area (Å²) in [6.07, 6.45) is 4.56. The zero-order valence-electron chi connectivity index (χ0n) is 13.9. The van der Waals surface area contributed by atoms with Gasteiger partial charge in [0.05, 0.1) is 10.6 Å². The van der Waals surface area contributed by atoms with E-state index in [1.54, 1.807) is 17.2 Å². The van der Waals surface area contributed by atoms with Crippen molar-refractivity contribution in [1.82, 2.24) is 14.5 Å². The highest BCUT2D eigenvalue weighted by Gasteiger charge is 2.32. The van der Waals surface area contributed by atoms with Crippen LogP contribution in [-0.4, -0.2) is 38.6 Å². The summed E-state index contributed by atoms with van der Waals surface area (Å²) < 4.78 is 1.82. The number of hydrogen-bond acceptors (Lipinski definition) is 3. The van der Waals surface area contributed by atoms with Crippen LogP contribution in [0.25, 0.3) is 0 Å². The molecule has 2 unspecified atom stereocenters. The highest BCUT2D eigenvalue weighted by Crippen LogP contribution is 2.30. The Kier molecular flexibility index (Phi) is 4.92. The van der Waals surface area contributed by atoms with Crippen LogP contribution in [0.5, 0.6) is 0 Å². The van der Waals surface area contributed by atoms with Gasteiger partial charge in [0.25, 0.3) is 5.91 Å². The summed E-state index contributed by atoms with van der Waals surface area (Å²) in [7, 11) is 1.86. The third-order valence-electron chi connectivity index (χ3n) is 4.74. The van der Waals surface area contributed by atoms with Crippen LogP contribution in [-0.2, 0) is 7.05 Å². The zero-order valence-corrected chi connectivity index (χ0v) is 14.7. The number of aliphatic hydroxyl groups excluding tert-OH is 1. The Hall–Kier alpha value is -1.85. The lowest BCUT2D eigenvalue weighted by atomic mass is 9.91. The average Bonchev–Trinajstić information content (AvgIpc) is 3.02. The Labute approximate surface area is 146 Å². The van der Waals surface area contributed by atoms with Gasteiger partial charge in [0, 0.05) is 38.4 Å². The van der Waals surface area contributed by atoms with Crippen LogP contribution in [0.4, 0.5) is 0 Å². The van der Waals surface area contributed by atoms with E-state index >= 15 is 0 Å². The SMILES string of the molecule is Cc1cccc(C(=O)N2CCCC(C(O)c3nccn3C)C2)c1Cl. The maximum atomic E-state index is 12.8. The lowest BCUT2D eigenvalue weighted by molar-refractivity contribution is 0.0358. The van der Waals surface area contributed by atoms with Crippen molar-refractivity contribution >= 4 is 17.5 Å². The molecule has 6 heteroatoms. The molecule has 1 aromatic heterocycles. The molecule has 0 radical (unpaired) electrons. The molecule has 24 heavy (non-hydrogen) atoms. The lowest BCUT2D eigenvalue weighted by Crippen LogP contribution is -2.42. The van der Waals surface area contributed by atoms with Crippen LogP contribution in [0.15, 0.2) is 30.6 Å². The highest BCUT2D eigenvalue weighted by atomic mass is 35.5. The van der Waals surface area contributed by atoms with Crippen LogP contribution >= 0.6 is 11.6 Å². The molecule has 1 N–H and O–H groups in total. The van der Waals surface area contributed by atoms with Gasteiger partial charge in [-0.2, -0.15) is 0 Å². The van der Waals surface area contributed by atoms with Gasteiger partial charge in [0.15, 0.2) is 0 Å². The number of benzene rings is 1. The third-order valence-corrected chi connectivity index (χ3v) is 5.24. The van der Waals surface area contributed by atoms with Crippen LogP contribution in [0.3, 0.4) is 0 Å². The van der Waals surface area contributed by atoms with E-state index < -0.39 is 6.10 Å². The zero-order chi connectivity index (χ0) is 17.3. The second kappa shape index (κ2) is 6.95. The number of likely N-dealkylation sites (tertiary alicyclic amines) is 1. The molecule has 1 saturated heterocycles. The molecule has 3 rings (SSSR count). The second-order valence-electron chi connectivity index (χ2n) is 6.43. The molecule has 5 nitrogen and oxygen atoms in total. The van der Waals surface area contributed by atoms with E-state index in [0.717, 1.165) is 18.4 Å². The van der Waals surface area contributed by atoms with Crippen LogP contribution in [0.2, 0.25) is 5.02 Å². The average molecular weight is 348 g/mol. The van der Waals surface area contributed by atoms with Crippen molar-refractivity contribution in [3.05, 3.63) is 52.6 Å². The Morgan fingerprint density at radius 3 is 2.96 bits per heavy atom. The van der Waals surface area contributed by atoms with Crippen LogP contribution in [0.1, 0.15) is 40.7 Å². The minimum atomic E-state index is -0.673. The molecule has 2 aromatic rings. The molecule has 0 bridgehead atoms. The second-order valence-corrected chi connectivity index (χ2v) is 6.81. The summed E-state index contributed by atoms with van der Waals surface area (Å²) in [4.78, 5) is 18.9. The first-order valence-electron chi connectivity index (χ1n) is 8.18. The summed E-state index contributed by atoms with van der Waals surface area (Å²) >= 11 is 6.30. The molecule has 2 atom stereocenters. The minimum Gasteiger partial charge on any atom is -0.385 e. The fourth-order valence-electron chi connectivity index (χ4n) is 3.31. The summed E-state index contributed by atoms with van der Waals surface area (Å²) in [6.45, 7) is 3.09. The van der Waals surface area contributed by atoms with E-state index in [2.05, 4.69) is 4.98 Å². The van der Waals surface area contributed by atoms with E-state index in [4.69, 9.17) is 11.6 Å². The minimum absolute atomic E-state index is 0.0209. The largest absolute Gasteiger partial charge is 0.385 e. The Bertz CT molecular complexity index is 744. The summed E-state index contributed by atoms with van der Waals surface area (Å²) in [5.74, 6) is 0.552. The third kappa shape index (κ3) is 3.19. The first-order valence-corrected chi connectivity index (χ1v) is 8.56. The fourth-order valence-corrected chi connectivity index (χ4v) is 3.51. The van der Waals surface area contributed by atoms with Gasteiger partial charge in [-0.25, -0.2) is 4.98 Å². The Morgan fingerprint density at radius 1 is 1.46 bits per heavy atom. The molecule has 0 saturated carbocycles. The van der Waals surface area contributed by atoms with E-state index in [0.29, 0.717) is 29.5 Å². The molecular formula is C18H22ClN3O2. The quantitative estimate of drug-likeness (QED) is 0.928. The number of rotatable bonds is 3. The smallest absolute Gasteiger partial charge is 0.255 e. The predicted octanol–water partition coefficient (Wildman–Crippen LogP) is 2.97. The number of amides is 1. The van der Waals surface area contributed by atoms with Gasteiger partial charge in [0.1, 0.15) is 11.9 Å². The van der Waals surface area contributed by atoms with E-state index in [1.165, 1.54) is 0 Å². The number of imidazole rings is 1. The summed E-state index contributed by atoms with van der Waals surface area (Å²) in [5, 5.41) is 11.1. The van der Waals surface area contributed by atoms with Crippen molar-refractivity contribution < 1.29 is 9.90 Å². The molecule has 1 aromatic carbocycles. The van der Waals surface area contributed by atoms with Crippen molar-refractivity contribution in [2.45, 2.75) is 25.9 Å². The first kappa shape index (κ1) is 17.0. The van der Waals surface area contributed by atoms with Gasteiger partial charge < -0.3 is 14.6 Å². The van der Waals surface area contributed by atoms with Crippen LogP contribution in [0, 0.1) is 12.8 Å². The molecule has 0 spiro atoms. The fraction of sp³-hybridized carbons (Fsp3) is 0.444. The van der Waals surface area contributed by atoms with E-state index in [1.807, 2.05) is 36.9 Å². The standard InChI is InChI=1S/C18H22ClN3O2/c1-12-5-3-7-14(15(12)19)18(24)22-9-4-6-13(11-22)16(23)17-20-8-10-21(17)2/h3,5,7-8,10,13,16,23H,4,6,9,11H2,1-2H3. The maximum Gasteiger partial charge on any atom is 0.255 e. The highest BCUT2D eigenvalue weighted by molar-refractivity contribution is 6.34. The molecule has 2 heterocycles. The van der Waals surface area contributed by atoms with Crippen LogP contribution < -0.4 is 0 Å². The maximum absolute atomic E-state index is 12.8. The number of halogens is 1. The van der Waals surface area contributed by atoms with Gasteiger partial charge in [-0.1, -0.05) is 23.7 Å². The van der Waals surface area contributed by atoms with Crippen molar-refractivity contribution in [1.29, 1.82) is 0 Å². The molecule has 1 amide bonds. The van der Waals surface area contributed by atoms with Gasteiger partial charge in [-0.3, -0.25) is 4.79 Å². The van der Waals surface area contributed by atoms with E-state index in [-0.39, 0.29) is 11.8 Å². The van der Waals surface area contributed by atoms with Gasteiger partial charge in [-0.15, -0.1) is 0 Å². The first-order chi connectivity index (χ1) is 11.5. The number of piperidine rings is 1. The van der Waals surface area contributed by atoms with E-state index in [9.17, 15) is 9.90 Å². The van der Waals surface area contributed by atoms with Crippen molar-refractivity contribution in [3.8, 4) is 0 Å². The van der Waals surface area contributed by atoms with Gasteiger partial charge in [-0.05, 0) is 31.4 Å². The number of hydrogen-bond donors (Lipinski definition) is 1. The Morgan fingerprint density at radius 2 is 2.25 bits per heavy atom. The molecular weight excluding hydrogens is 326 g/mol. The molecule has 128 valence electrons. The molecule has 0 aliphatic carbocycles. The number of carbonyl (C=O) groups is 1. The monoisotopic (exact) mass is 347 g/mol. The number of aryl methyl sites for hydroxylation is 2. The topological polar surface area (TPSA) is 58.4 Å². The number of nitrogens with zero attached hydrogens (tertiary/aromatic N) is 3. The molecule has 1 fully saturated rings. The normalized spacial score (nSPS) is 19.3. The lowest BCUT2D eigenvalue weighted by Gasteiger charge is -2.35. The summed E-state index contributed by atoms with van der Waals surface area (Å²) in [6, 6.07) is 5.50. The summed E-state index contributed by atoms with van der Waals surface area (Å²) in [5.41, 5.74) is 1.42. The number of aliphatic hydroxyl groups is 1. The predicted molar refractivity (Wildman–Crippen MR) is 93.0 cm³/mol. The number of carbonyl (C=O) groups excluding carboxylic acids is 1. The van der Waals surface area contributed by atoms with Gasteiger partial charge in [0.2, 0.25) is 0 Å². The van der Waals surface area contributed by atoms with Crippen molar-refractivity contribution in [3.63, 3.8) is 0 Å². The van der Waals surface area contributed by atoms with Gasteiger partial charge >= 0.3 is 0 Å². The van der Waals surface area contributed by atoms with Crippen molar-refractivity contribution in [2.24, 2.45) is 13.0 Å². The van der Waals surface area contributed by atoms with Crippen molar-refractivity contribution in [2.75, 3.05) is 13.1 Å².